The van der Waals surface area contributed by atoms with Crippen molar-refractivity contribution in [2.24, 2.45) is 5.41 Å². The van der Waals surface area contributed by atoms with Gasteiger partial charge in [-0.15, -0.1) is 11.6 Å². The van der Waals surface area contributed by atoms with Gasteiger partial charge in [-0.3, -0.25) is 4.79 Å². The van der Waals surface area contributed by atoms with Crippen LogP contribution in [-0.2, 0) is 4.79 Å². The average molecular weight is 210 g/mol. The van der Waals surface area contributed by atoms with Crippen LogP contribution in [0, 0.1) is 5.41 Å². The molecule has 3 nitrogen and oxygen atoms in total. The minimum absolute atomic E-state index is 0.220. The van der Waals surface area contributed by atoms with Crippen LogP contribution < -0.4 is 5.32 Å². The van der Waals surface area contributed by atoms with E-state index in [1.807, 2.05) is 27.7 Å². The van der Waals surface area contributed by atoms with Crippen molar-refractivity contribution in [3.63, 3.8) is 0 Å². The number of likely N-dealkylation sites (N-methyl/N-ethyl adjacent to an activating group) is 1. The summed E-state index contributed by atoms with van der Waals surface area (Å²) in [5, 5.41) is 11.7. The van der Waals surface area contributed by atoms with E-state index >= 15 is 0 Å². The summed E-state index contributed by atoms with van der Waals surface area (Å²) in [5.41, 5.74) is -0.220. The van der Waals surface area contributed by atoms with E-state index in [-0.39, 0.29) is 5.41 Å². The van der Waals surface area contributed by atoms with Crippen LogP contribution in [-0.4, -0.2) is 30.0 Å². The first-order chi connectivity index (χ1) is 5.89. The summed E-state index contributed by atoms with van der Waals surface area (Å²) in [4.78, 5) is 10.7. The molecule has 0 fully saturated rings. The molecular weight excluding hydrogens is 190 g/mol. The van der Waals surface area contributed by atoms with Gasteiger partial charge >= 0.3 is 5.97 Å². The Morgan fingerprint density at radius 2 is 1.85 bits per heavy atom. The molecular formula is C9H20ClNO2. The van der Waals surface area contributed by atoms with E-state index in [2.05, 4.69) is 16.9 Å². The summed E-state index contributed by atoms with van der Waals surface area (Å²) in [6.45, 7) is 8.33. The largest absolute Gasteiger partial charge is 0.480 e. The summed E-state index contributed by atoms with van der Waals surface area (Å²) >= 11 is 4.64. The summed E-state index contributed by atoms with van der Waals surface area (Å²) in [6.07, 6.45) is 1.47. The molecule has 2 N–H and O–H groups in total. The molecule has 0 rings (SSSR count). The normalized spacial score (nSPS) is 12.8. The van der Waals surface area contributed by atoms with E-state index in [4.69, 9.17) is 5.11 Å². The summed E-state index contributed by atoms with van der Waals surface area (Å²) in [7, 11) is 0. The minimum atomic E-state index is -0.778. The number of nitrogens with one attached hydrogen (secondary N) is 1. The van der Waals surface area contributed by atoms with Gasteiger partial charge in [0.2, 0.25) is 0 Å². The number of hydrogen-bond donors (Lipinski definition) is 2. The Morgan fingerprint density at radius 1 is 1.46 bits per heavy atom. The van der Waals surface area contributed by atoms with E-state index in [9.17, 15) is 4.79 Å². The Balaban J connectivity index is 0. The molecule has 0 aromatic carbocycles. The van der Waals surface area contributed by atoms with Crippen LogP contribution in [0.4, 0.5) is 0 Å². The standard InChI is InChI=1S/C8H17NO2.CH3Cl/c1-5-9-6(7(10)11)8(2,3)4;1-2/h6,9H,5H2,1-4H3,(H,10,11);1H3/t6-;/m1./s1. The topological polar surface area (TPSA) is 49.3 Å². The molecule has 80 valence electrons. The fourth-order valence-electron chi connectivity index (χ4n) is 0.968. The van der Waals surface area contributed by atoms with Gasteiger partial charge in [0.1, 0.15) is 6.04 Å². The summed E-state index contributed by atoms with van der Waals surface area (Å²) in [5.74, 6) is -0.778. The third kappa shape index (κ3) is 6.84. The predicted octanol–water partition coefficient (Wildman–Crippen LogP) is 1.95. The number of alkyl halides is 1. The molecule has 0 amide bonds. The summed E-state index contributed by atoms with van der Waals surface area (Å²) in [6, 6.07) is -0.451. The first-order valence-corrected chi connectivity index (χ1v) is 4.99. The van der Waals surface area contributed by atoms with Crippen molar-refractivity contribution in [1.82, 2.24) is 5.32 Å². The quantitative estimate of drug-likeness (QED) is 0.699. The lowest BCUT2D eigenvalue weighted by molar-refractivity contribution is -0.142. The predicted molar refractivity (Wildman–Crippen MR) is 56.3 cm³/mol. The molecule has 0 aliphatic carbocycles. The van der Waals surface area contributed by atoms with Crippen LogP contribution in [0.5, 0.6) is 0 Å². The zero-order valence-electron chi connectivity index (χ0n) is 9.02. The maximum Gasteiger partial charge on any atom is 0.321 e. The highest BCUT2D eigenvalue weighted by Gasteiger charge is 2.29. The SMILES string of the molecule is CCN[C@H](C(=O)O)C(C)(C)C.CCl. The number of aliphatic carboxylic acids is 1. The highest BCUT2D eigenvalue weighted by molar-refractivity contribution is 6.15. The van der Waals surface area contributed by atoms with Crippen LogP contribution in [0.25, 0.3) is 0 Å². The van der Waals surface area contributed by atoms with Gasteiger partial charge < -0.3 is 10.4 Å². The van der Waals surface area contributed by atoms with Crippen LogP contribution in [0.15, 0.2) is 0 Å². The average Bonchev–Trinajstić information content (AvgIpc) is 2.01. The molecule has 0 aromatic heterocycles. The first kappa shape index (κ1) is 15.2. The van der Waals surface area contributed by atoms with E-state index < -0.39 is 12.0 Å². The van der Waals surface area contributed by atoms with Gasteiger partial charge in [-0.2, -0.15) is 0 Å². The Labute approximate surface area is 85.5 Å². The molecule has 0 saturated carbocycles. The third-order valence-corrected chi connectivity index (χ3v) is 1.52. The second-order valence-electron chi connectivity index (χ2n) is 3.69. The molecule has 0 unspecified atom stereocenters. The van der Waals surface area contributed by atoms with Crippen molar-refractivity contribution in [3.8, 4) is 0 Å². The Morgan fingerprint density at radius 3 is 1.92 bits per heavy atom. The zero-order chi connectivity index (χ0) is 11.1. The number of carbonyl (C=O) groups is 1. The molecule has 0 aliphatic heterocycles. The van der Waals surface area contributed by atoms with Crippen molar-refractivity contribution in [1.29, 1.82) is 0 Å². The Hall–Kier alpha value is -0.280. The fraction of sp³-hybridized carbons (Fsp3) is 0.889. The van der Waals surface area contributed by atoms with Crippen molar-refractivity contribution in [3.05, 3.63) is 0 Å². The Bertz CT molecular complexity index is 143. The number of hydrogen-bond acceptors (Lipinski definition) is 2. The van der Waals surface area contributed by atoms with Gasteiger partial charge in [-0.1, -0.05) is 27.7 Å². The molecule has 0 aliphatic rings. The molecule has 1 atom stereocenters. The number of carboxylic acids is 1. The second kappa shape index (κ2) is 7.15. The zero-order valence-corrected chi connectivity index (χ0v) is 9.77. The number of carboxylic acid groups (broad SMARTS) is 1. The van der Waals surface area contributed by atoms with Crippen molar-refractivity contribution in [2.75, 3.05) is 12.9 Å². The van der Waals surface area contributed by atoms with Crippen molar-refractivity contribution < 1.29 is 9.90 Å². The molecule has 0 radical (unpaired) electrons. The minimum Gasteiger partial charge on any atom is -0.480 e. The molecule has 0 heterocycles. The van der Waals surface area contributed by atoms with Gasteiger partial charge in [0.15, 0.2) is 0 Å². The summed E-state index contributed by atoms with van der Waals surface area (Å²) < 4.78 is 0. The van der Waals surface area contributed by atoms with E-state index in [1.54, 1.807) is 0 Å². The first-order valence-electron chi connectivity index (χ1n) is 4.23. The van der Waals surface area contributed by atoms with Gasteiger partial charge in [0.05, 0.1) is 0 Å². The lowest BCUT2D eigenvalue weighted by Crippen LogP contribution is -2.46. The molecule has 0 bridgehead atoms. The molecule has 4 heteroatoms. The molecule has 13 heavy (non-hydrogen) atoms. The lowest BCUT2D eigenvalue weighted by Gasteiger charge is -2.27. The van der Waals surface area contributed by atoms with Crippen molar-refractivity contribution in [2.45, 2.75) is 33.7 Å². The third-order valence-electron chi connectivity index (χ3n) is 1.52. The van der Waals surface area contributed by atoms with Crippen LogP contribution in [0.3, 0.4) is 0 Å². The van der Waals surface area contributed by atoms with Crippen molar-refractivity contribution >= 4 is 17.6 Å². The molecule has 0 aromatic rings. The second-order valence-corrected chi connectivity index (χ2v) is 3.69. The van der Waals surface area contributed by atoms with E-state index in [0.717, 1.165) is 0 Å². The maximum absolute atomic E-state index is 10.7. The van der Waals surface area contributed by atoms with E-state index in [1.165, 1.54) is 6.38 Å². The van der Waals surface area contributed by atoms with Gasteiger partial charge in [-0.25, -0.2) is 0 Å². The smallest absolute Gasteiger partial charge is 0.321 e. The van der Waals surface area contributed by atoms with Gasteiger partial charge in [0, 0.05) is 6.38 Å². The highest BCUT2D eigenvalue weighted by atomic mass is 35.5. The lowest BCUT2D eigenvalue weighted by atomic mass is 9.87. The number of halogens is 1. The Kier molecular flexibility index (Phi) is 8.37. The monoisotopic (exact) mass is 209 g/mol. The van der Waals surface area contributed by atoms with Crippen LogP contribution in [0.1, 0.15) is 27.7 Å². The molecule has 0 saturated heterocycles. The highest BCUT2D eigenvalue weighted by Crippen LogP contribution is 2.18. The van der Waals surface area contributed by atoms with Gasteiger partial charge in [-0.05, 0) is 12.0 Å². The maximum atomic E-state index is 10.7. The van der Waals surface area contributed by atoms with Crippen LogP contribution >= 0.6 is 11.6 Å². The molecule has 0 spiro atoms. The fourth-order valence-corrected chi connectivity index (χ4v) is 0.968. The van der Waals surface area contributed by atoms with E-state index in [0.29, 0.717) is 6.54 Å². The van der Waals surface area contributed by atoms with Gasteiger partial charge in [0.25, 0.3) is 0 Å². The van der Waals surface area contributed by atoms with Crippen LogP contribution in [0.2, 0.25) is 0 Å². The number of rotatable bonds is 3.